The lowest BCUT2D eigenvalue weighted by Gasteiger charge is -2.34. The van der Waals surface area contributed by atoms with Gasteiger partial charge in [-0.1, -0.05) is 48.5 Å². The number of rotatable bonds is 0. The van der Waals surface area contributed by atoms with Crippen molar-refractivity contribution in [2.45, 2.75) is 61.3 Å². The maximum atomic E-state index is 2.43. The molecular weight excluding hydrogens is 156 g/mol. The smallest absolute Gasteiger partial charge is 0.0300 e. The predicted octanol–water partition coefficient (Wildman–Crippen LogP) is 4.49. The van der Waals surface area contributed by atoms with Gasteiger partial charge in [-0.15, -0.1) is 0 Å². The van der Waals surface area contributed by atoms with E-state index in [1.54, 1.807) is 0 Å². The fourth-order valence-corrected chi connectivity index (χ4v) is 2.47. The average Bonchev–Trinajstić information content (AvgIpc) is 2.00. The van der Waals surface area contributed by atoms with Crippen LogP contribution in [0.1, 0.15) is 61.3 Å². The Morgan fingerprint density at radius 3 is 1.31 bits per heavy atom. The van der Waals surface area contributed by atoms with Crippen molar-refractivity contribution in [3.05, 3.63) is 0 Å². The largest absolute Gasteiger partial charge is 0.0599 e. The number of hydrogen-bond acceptors (Lipinski definition) is 0. The van der Waals surface area contributed by atoms with E-state index in [4.69, 9.17) is 0 Å². The first kappa shape index (κ1) is 11.1. The highest BCUT2D eigenvalue weighted by Gasteiger charge is 2.49. The molecule has 0 radical (unpaired) electrons. The fraction of sp³-hybridized carbons (Fsp3) is 1.00. The molecule has 1 aliphatic rings. The summed E-state index contributed by atoms with van der Waals surface area (Å²) in [4.78, 5) is 0. The van der Waals surface area contributed by atoms with Crippen molar-refractivity contribution in [3.63, 3.8) is 0 Å². The summed E-state index contributed by atoms with van der Waals surface area (Å²) in [5, 5.41) is 0. The molecule has 1 aliphatic carbocycles. The highest BCUT2D eigenvalue weighted by atomic mass is 14.5. The predicted molar refractivity (Wildman–Crippen MR) is 59.7 cm³/mol. The van der Waals surface area contributed by atoms with Gasteiger partial charge >= 0.3 is 0 Å². The van der Waals surface area contributed by atoms with Crippen LogP contribution >= 0.6 is 0 Å². The van der Waals surface area contributed by atoms with Crippen LogP contribution < -0.4 is 0 Å². The SMILES string of the molecule is CC(C)(C)C1CC(C)(C)C(C)(C)C1. The first-order chi connectivity index (χ1) is 5.56. The third-order valence-corrected chi connectivity index (χ3v) is 4.57. The average molecular weight is 182 g/mol. The van der Waals surface area contributed by atoms with E-state index in [0.717, 1.165) is 5.92 Å². The van der Waals surface area contributed by atoms with Gasteiger partial charge in [-0.3, -0.25) is 0 Å². The zero-order valence-corrected chi connectivity index (χ0v) is 10.5. The Morgan fingerprint density at radius 1 is 0.846 bits per heavy atom. The second-order valence-corrected chi connectivity index (χ2v) is 7.24. The molecule has 0 amide bonds. The van der Waals surface area contributed by atoms with Gasteiger partial charge in [0.15, 0.2) is 0 Å². The first-order valence-corrected chi connectivity index (χ1v) is 5.56. The van der Waals surface area contributed by atoms with E-state index in [9.17, 15) is 0 Å². The van der Waals surface area contributed by atoms with Gasteiger partial charge in [-0.05, 0) is 35.0 Å². The van der Waals surface area contributed by atoms with Crippen LogP contribution in [0.15, 0.2) is 0 Å². The number of hydrogen-bond donors (Lipinski definition) is 0. The molecule has 0 nitrogen and oxygen atoms in total. The van der Waals surface area contributed by atoms with Gasteiger partial charge < -0.3 is 0 Å². The Morgan fingerprint density at radius 2 is 1.15 bits per heavy atom. The summed E-state index contributed by atoms with van der Waals surface area (Å²) >= 11 is 0. The van der Waals surface area contributed by atoms with Crippen LogP contribution in [0.2, 0.25) is 0 Å². The third-order valence-electron chi connectivity index (χ3n) is 4.57. The van der Waals surface area contributed by atoms with E-state index in [-0.39, 0.29) is 0 Å². The standard InChI is InChI=1S/C13H26/c1-11(2,3)10-8-12(4,5)13(6,7)9-10/h10H,8-9H2,1-7H3. The minimum atomic E-state index is 0.491. The molecule has 0 bridgehead atoms. The molecule has 0 N–H and O–H groups in total. The van der Waals surface area contributed by atoms with Gasteiger partial charge in [0.25, 0.3) is 0 Å². The van der Waals surface area contributed by atoms with Crippen LogP contribution in [-0.2, 0) is 0 Å². The van der Waals surface area contributed by atoms with Crippen LogP contribution in [0.5, 0.6) is 0 Å². The highest BCUT2D eigenvalue weighted by molar-refractivity contribution is 4.98. The van der Waals surface area contributed by atoms with Gasteiger partial charge in [0.05, 0.1) is 0 Å². The van der Waals surface area contributed by atoms with Gasteiger partial charge in [0.1, 0.15) is 0 Å². The molecular formula is C13H26. The van der Waals surface area contributed by atoms with Crippen LogP contribution in [0.3, 0.4) is 0 Å². The maximum Gasteiger partial charge on any atom is -0.0300 e. The van der Waals surface area contributed by atoms with Gasteiger partial charge in [-0.25, -0.2) is 0 Å². The molecule has 0 heterocycles. The molecule has 0 unspecified atom stereocenters. The highest BCUT2D eigenvalue weighted by Crippen LogP contribution is 2.58. The van der Waals surface area contributed by atoms with E-state index in [1.165, 1.54) is 12.8 Å². The molecule has 1 saturated carbocycles. The minimum absolute atomic E-state index is 0.491. The Hall–Kier alpha value is 0. The maximum absolute atomic E-state index is 2.43. The zero-order chi connectivity index (χ0) is 10.5. The minimum Gasteiger partial charge on any atom is -0.0599 e. The second-order valence-electron chi connectivity index (χ2n) is 7.24. The molecule has 0 aromatic heterocycles. The summed E-state index contributed by atoms with van der Waals surface area (Å²) < 4.78 is 0. The Kier molecular flexibility index (Phi) is 2.34. The Labute approximate surface area is 84.1 Å². The van der Waals surface area contributed by atoms with Crippen LogP contribution in [0.25, 0.3) is 0 Å². The van der Waals surface area contributed by atoms with Crippen molar-refractivity contribution in [2.24, 2.45) is 22.2 Å². The van der Waals surface area contributed by atoms with Crippen LogP contribution in [0.4, 0.5) is 0 Å². The van der Waals surface area contributed by atoms with Gasteiger partial charge in [0, 0.05) is 0 Å². The molecule has 1 rings (SSSR count). The van der Waals surface area contributed by atoms with Crippen molar-refractivity contribution < 1.29 is 0 Å². The molecule has 1 fully saturated rings. The normalized spacial score (nSPS) is 27.9. The molecule has 0 saturated heterocycles. The second kappa shape index (κ2) is 2.74. The lowest BCUT2D eigenvalue weighted by Crippen LogP contribution is -2.25. The van der Waals surface area contributed by atoms with E-state index < -0.39 is 0 Å². The summed E-state index contributed by atoms with van der Waals surface area (Å²) in [6.45, 7) is 16.9. The van der Waals surface area contributed by atoms with Gasteiger partial charge in [-0.2, -0.15) is 0 Å². The molecule has 0 aromatic carbocycles. The van der Waals surface area contributed by atoms with Crippen molar-refractivity contribution in [3.8, 4) is 0 Å². The Balaban J connectivity index is 2.83. The summed E-state index contributed by atoms with van der Waals surface area (Å²) in [5.74, 6) is 0.900. The van der Waals surface area contributed by atoms with E-state index in [2.05, 4.69) is 48.5 Å². The first-order valence-electron chi connectivity index (χ1n) is 5.56. The lowest BCUT2D eigenvalue weighted by molar-refractivity contribution is 0.157. The summed E-state index contributed by atoms with van der Waals surface area (Å²) in [5.41, 5.74) is 1.53. The quantitative estimate of drug-likeness (QED) is 0.517. The van der Waals surface area contributed by atoms with Crippen molar-refractivity contribution in [1.29, 1.82) is 0 Å². The lowest BCUT2D eigenvalue weighted by atomic mass is 9.71. The molecule has 0 aliphatic heterocycles. The van der Waals surface area contributed by atoms with Crippen LogP contribution in [-0.4, -0.2) is 0 Å². The molecule has 78 valence electrons. The summed E-state index contributed by atoms with van der Waals surface area (Å²) in [6, 6.07) is 0. The van der Waals surface area contributed by atoms with Crippen LogP contribution in [0, 0.1) is 22.2 Å². The summed E-state index contributed by atoms with van der Waals surface area (Å²) in [7, 11) is 0. The Bertz CT molecular complexity index is 175. The monoisotopic (exact) mass is 182 g/mol. The van der Waals surface area contributed by atoms with Crippen molar-refractivity contribution in [1.82, 2.24) is 0 Å². The molecule has 0 spiro atoms. The topological polar surface area (TPSA) is 0 Å². The van der Waals surface area contributed by atoms with E-state index in [0.29, 0.717) is 16.2 Å². The molecule has 0 heteroatoms. The van der Waals surface area contributed by atoms with E-state index in [1.807, 2.05) is 0 Å². The van der Waals surface area contributed by atoms with E-state index >= 15 is 0 Å². The molecule has 0 aromatic rings. The van der Waals surface area contributed by atoms with Crippen molar-refractivity contribution in [2.75, 3.05) is 0 Å². The van der Waals surface area contributed by atoms with Gasteiger partial charge in [0.2, 0.25) is 0 Å². The van der Waals surface area contributed by atoms with Crippen molar-refractivity contribution >= 4 is 0 Å². The summed E-state index contributed by atoms with van der Waals surface area (Å²) in [6.07, 6.45) is 2.78. The molecule has 0 atom stereocenters. The molecule has 13 heavy (non-hydrogen) atoms. The fourth-order valence-electron chi connectivity index (χ4n) is 2.47. The third kappa shape index (κ3) is 1.92. The zero-order valence-electron chi connectivity index (χ0n) is 10.5.